The summed E-state index contributed by atoms with van der Waals surface area (Å²) in [5.41, 5.74) is -0.662. The van der Waals surface area contributed by atoms with Crippen molar-refractivity contribution in [2.45, 2.75) is 37.9 Å². The van der Waals surface area contributed by atoms with Gasteiger partial charge in [0.15, 0.2) is 0 Å². The highest BCUT2D eigenvalue weighted by molar-refractivity contribution is 5.87. The molecule has 21 heavy (non-hydrogen) atoms. The molecule has 2 saturated carbocycles. The fourth-order valence-corrected chi connectivity index (χ4v) is 4.10. The van der Waals surface area contributed by atoms with Crippen molar-refractivity contribution >= 4 is 17.8 Å². The molecule has 1 amide bonds. The number of rotatable bonds is 5. The first-order valence-corrected chi connectivity index (χ1v) is 7.28. The van der Waals surface area contributed by atoms with E-state index in [2.05, 4.69) is 11.9 Å². The van der Waals surface area contributed by atoms with Crippen molar-refractivity contribution in [3.63, 3.8) is 0 Å². The molecule has 2 aliphatic carbocycles. The molecule has 114 valence electrons. The van der Waals surface area contributed by atoms with Gasteiger partial charge in [0.05, 0.1) is 12.3 Å². The monoisotopic (exact) mass is 293 g/mol. The van der Waals surface area contributed by atoms with Gasteiger partial charge in [-0.25, -0.2) is 0 Å². The second-order valence-corrected chi connectivity index (χ2v) is 6.21. The van der Waals surface area contributed by atoms with E-state index >= 15 is 0 Å². The summed E-state index contributed by atoms with van der Waals surface area (Å²) in [5, 5.41) is 2.53. The molecule has 6 heteroatoms. The maximum atomic E-state index is 11.9. The minimum Gasteiger partial charge on any atom is -0.458 e. The van der Waals surface area contributed by atoms with Gasteiger partial charge < -0.3 is 14.8 Å². The molecule has 0 spiro atoms. The SMILES string of the molecule is C=CC(=O)NCCC(=O)OC1C2CC3C(=O)OC1(C)C3C2. The Morgan fingerprint density at radius 1 is 1.52 bits per heavy atom. The van der Waals surface area contributed by atoms with Crippen molar-refractivity contribution in [3.8, 4) is 0 Å². The number of hydrogen-bond donors (Lipinski definition) is 1. The smallest absolute Gasteiger partial charge is 0.310 e. The van der Waals surface area contributed by atoms with Crippen molar-refractivity contribution in [1.29, 1.82) is 0 Å². The Morgan fingerprint density at radius 3 is 3.00 bits per heavy atom. The van der Waals surface area contributed by atoms with Crippen LogP contribution in [-0.4, -0.2) is 36.1 Å². The van der Waals surface area contributed by atoms with Gasteiger partial charge in [0.1, 0.15) is 11.7 Å². The van der Waals surface area contributed by atoms with E-state index in [1.165, 1.54) is 0 Å². The molecule has 1 aliphatic heterocycles. The average Bonchev–Trinajstić information content (AvgIpc) is 3.02. The lowest BCUT2D eigenvalue weighted by Crippen LogP contribution is -2.46. The number of nitrogens with one attached hydrogen (secondary N) is 1. The van der Waals surface area contributed by atoms with Crippen LogP contribution in [0, 0.1) is 17.8 Å². The van der Waals surface area contributed by atoms with Gasteiger partial charge in [0.2, 0.25) is 5.91 Å². The van der Waals surface area contributed by atoms with Gasteiger partial charge in [-0.15, -0.1) is 0 Å². The molecule has 5 unspecified atom stereocenters. The summed E-state index contributed by atoms with van der Waals surface area (Å²) in [6.07, 6.45) is 2.54. The van der Waals surface area contributed by atoms with Crippen molar-refractivity contribution in [2.24, 2.45) is 17.8 Å². The summed E-state index contributed by atoms with van der Waals surface area (Å²) in [4.78, 5) is 34.7. The molecule has 0 aromatic carbocycles. The van der Waals surface area contributed by atoms with E-state index in [4.69, 9.17) is 9.47 Å². The standard InChI is InChI=1S/C15H19NO5/c1-3-11(17)16-5-4-12(18)20-13-8-6-9-10(7-8)15(13,2)21-14(9)19/h3,8-10,13H,1,4-7H2,2H3,(H,16,17). The predicted molar refractivity (Wildman–Crippen MR) is 71.9 cm³/mol. The summed E-state index contributed by atoms with van der Waals surface area (Å²) in [6, 6.07) is 0. The number of ether oxygens (including phenoxy) is 2. The first-order chi connectivity index (χ1) is 9.95. The van der Waals surface area contributed by atoms with Crippen LogP contribution in [0.25, 0.3) is 0 Å². The topological polar surface area (TPSA) is 81.7 Å². The Kier molecular flexibility index (Phi) is 3.26. The van der Waals surface area contributed by atoms with Crippen molar-refractivity contribution in [2.75, 3.05) is 6.54 Å². The molecule has 1 N–H and O–H groups in total. The third kappa shape index (κ3) is 2.13. The first kappa shape index (κ1) is 14.1. The highest BCUT2D eigenvalue weighted by atomic mass is 16.6. The number of amides is 1. The summed E-state index contributed by atoms with van der Waals surface area (Å²) >= 11 is 0. The molecular weight excluding hydrogens is 274 g/mol. The molecule has 2 bridgehead atoms. The lowest BCUT2D eigenvalue weighted by Gasteiger charge is -2.34. The normalized spacial score (nSPS) is 39.0. The third-order valence-electron chi connectivity index (χ3n) is 5.02. The Morgan fingerprint density at radius 2 is 2.29 bits per heavy atom. The van der Waals surface area contributed by atoms with Crippen molar-refractivity contribution in [1.82, 2.24) is 5.32 Å². The fourth-order valence-electron chi connectivity index (χ4n) is 4.10. The molecule has 0 aromatic rings. The molecule has 3 rings (SSSR count). The maximum Gasteiger partial charge on any atom is 0.310 e. The number of carbonyl (C=O) groups is 3. The van der Waals surface area contributed by atoms with Crippen LogP contribution in [0.1, 0.15) is 26.2 Å². The average molecular weight is 293 g/mol. The van der Waals surface area contributed by atoms with Crippen LogP contribution in [0.15, 0.2) is 12.7 Å². The number of esters is 2. The van der Waals surface area contributed by atoms with Gasteiger partial charge >= 0.3 is 11.9 Å². The minimum absolute atomic E-state index is 0.0122. The van der Waals surface area contributed by atoms with Crippen LogP contribution < -0.4 is 5.32 Å². The second-order valence-electron chi connectivity index (χ2n) is 6.21. The van der Waals surface area contributed by atoms with Crippen molar-refractivity contribution < 1.29 is 23.9 Å². The zero-order valence-electron chi connectivity index (χ0n) is 12.0. The van der Waals surface area contributed by atoms with Gasteiger partial charge in [0, 0.05) is 18.4 Å². The Hall–Kier alpha value is -1.85. The summed E-state index contributed by atoms with van der Waals surface area (Å²) in [5.74, 6) is -0.472. The van der Waals surface area contributed by atoms with Crippen LogP contribution in [0.4, 0.5) is 0 Å². The largest absolute Gasteiger partial charge is 0.458 e. The lowest BCUT2D eigenvalue weighted by molar-refractivity contribution is -0.174. The highest BCUT2D eigenvalue weighted by Crippen LogP contribution is 2.61. The summed E-state index contributed by atoms with van der Waals surface area (Å²) in [7, 11) is 0. The van der Waals surface area contributed by atoms with Crippen LogP contribution in [-0.2, 0) is 23.9 Å². The zero-order valence-corrected chi connectivity index (χ0v) is 12.0. The van der Waals surface area contributed by atoms with Gasteiger partial charge in [-0.3, -0.25) is 14.4 Å². The Labute approximate surface area is 122 Å². The first-order valence-electron chi connectivity index (χ1n) is 7.28. The van der Waals surface area contributed by atoms with Crippen LogP contribution in [0.3, 0.4) is 0 Å². The highest BCUT2D eigenvalue weighted by Gasteiger charge is 2.70. The summed E-state index contributed by atoms with van der Waals surface area (Å²) < 4.78 is 11.1. The van der Waals surface area contributed by atoms with Gasteiger partial charge in [-0.1, -0.05) is 6.58 Å². The fraction of sp³-hybridized carbons (Fsp3) is 0.667. The zero-order chi connectivity index (χ0) is 15.2. The quantitative estimate of drug-likeness (QED) is 0.592. The Bertz CT molecular complexity index is 516. The third-order valence-corrected chi connectivity index (χ3v) is 5.02. The molecule has 5 atom stereocenters. The molecule has 1 heterocycles. The van der Waals surface area contributed by atoms with E-state index in [1.54, 1.807) is 0 Å². The number of carbonyl (C=O) groups excluding carboxylic acids is 3. The molecule has 3 fully saturated rings. The van der Waals surface area contributed by atoms with Crippen LogP contribution >= 0.6 is 0 Å². The van der Waals surface area contributed by atoms with E-state index in [0.717, 1.165) is 18.9 Å². The Balaban J connectivity index is 1.56. The minimum atomic E-state index is -0.662. The molecule has 0 radical (unpaired) electrons. The molecular formula is C15H19NO5. The van der Waals surface area contributed by atoms with E-state index in [1.807, 2.05) is 6.92 Å². The van der Waals surface area contributed by atoms with Gasteiger partial charge in [-0.2, -0.15) is 0 Å². The molecule has 1 saturated heterocycles. The van der Waals surface area contributed by atoms with Crippen LogP contribution in [0.5, 0.6) is 0 Å². The molecule has 3 aliphatic rings. The summed E-state index contributed by atoms with van der Waals surface area (Å²) in [6.45, 7) is 5.41. The van der Waals surface area contributed by atoms with E-state index in [-0.39, 0.29) is 54.7 Å². The predicted octanol–water partition coefficient (Wildman–Crippen LogP) is 0.562. The molecule has 0 aromatic heterocycles. The van der Waals surface area contributed by atoms with E-state index in [9.17, 15) is 14.4 Å². The maximum absolute atomic E-state index is 11.9. The van der Waals surface area contributed by atoms with E-state index in [0.29, 0.717) is 0 Å². The number of hydrogen-bond acceptors (Lipinski definition) is 5. The number of fused-ring (bicyclic) bond motifs is 1. The second kappa shape index (κ2) is 4.86. The van der Waals surface area contributed by atoms with Crippen LogP contribution in [0.2, 0.25) is 0 Å². The van der Waals surface area contributed by atoms with Gasteiger partial charge in [-0.05, 0) is 25.8 Å². The van der Waals surface area contributed by atoms with E-state index < -0.39 is 5.60 Å². The van der Waals surface area contributed by atoms with Crippen molar-refractivity contribution in [3.05, 3.63) is 12.7 Å². The lowest BCUT2D eigenvalue weighted by atomic mass is 9.79. The molecule has 6 nitrogen and oxygen atoms in total. The van der Waals surface area contributed by atoms with Gasteiger partial charge in [0.25, 0.3) is 0 Å².